The fraction of sp³-hybridized carbons (Fsp3) is 0.0909. The molecule has 1 atom stereocenters. The molecular formula is C22H15Cl2N3O2. The zero-order valence-corrected chi connectivity index (χ0v) is 16.6. The van der Waals surface area contributed by atoms with Crippen LogP contribution in [0.4, 0.5) is 16.2 Å². The van der Waals surface area contributed by atoms with E-state index in [0.717, 1.165) is 0 Å². The average molecular weight is 424 g/mol. The second-order valence-electron chi connectivity index (χ2n) is 6.67. The van der Waals surface area contributed by atoms with Crippen LogP contribution in [0.2, 0.25) is 10.0 Å². The number of anilines is 2. The van der Waals surface area contributed by atoms with E-state index in [9.17, 15) is 15.2 Å². The van der Waals surface area contributed by atoms with E-state index in [2.05, 4.69) is 6.07 Å². The van der Waals surface area contributed by atoms with E-state index < -0.39 is 11.8 Å². The summed E-state index contributed by atoms with van der Waals surface area (Å²) in [7, 11) is 0. The molecule has 0 aliphatic carbocycles. The van der Waals surface area contributed by atoms with E-state index in [-0.39, 0.29) is 6.54 Å². The van der Waals surface area contributed by atoms with Gasteiger partial charge in [0.2, 0.25) is 0 Å². The lowest BCUT2D eigenvalue weighted by Gasteiger charge is -2.32. The van der Waals surface area contributed by atoms with Crippen LogP contribution >= 0.6 is 23.2 Å². The Kier molecular flexibility index (Phi) is 4.93. The highest BCUT2D eigenvalue weighted by Crippen LogP contribution is 2.40. The van der Waals surface area contributed by atoms with Crippen LogP contribution in [0.15, 0.2) is 72.8 Å². The van der Waals surface area contributed by atoms with Crippen LogP contribution in [0.3, 0.4) is 0 Å². The monoisotopic (exact) mass is 423 g/mol. The van der Waals surface area contributed by atoms with Gasteiger partial charge in [-0.3, -0.25) is 9.80 Å². The van der Waals surface area contributed by atoms with Crippen molar-refractivity contribution < 1.29 is 9.90 Å². The summed E-state index contributed by atoms with van der Waals surface area (Å²) in [4.78, 5) is 16.2. The van der Waals surface area contributed by atoms with E-state index in [1.807, 2.05) is 0 Å². The molecular weight excluding hydrogens is 409 g/mol. The van der Waals surface area contributed by atoms with Gasteiger partial charge in [0.1, 0.15) is 0 Å². The molecule has 4 rings (SSSR count). The molecule has 0 bridgehead atoms. The highest BCUT2D eigenvalue weighted by atomic mass is 35.5. The van der Waals surface area contributed by atoms with Gasteiger partial charge in [-0.2, -0.15) is 5.26 Å². The predicted octanol–water partition coefficient (Wildman–Crippen LogP) is 5.16. The molecule has 1 fully saturated rings. The molecule has 0 aromatic heterocycles. The molecule has 2 amide bonds. The Morgan fingerprint density at radius 2 is 1.52 bits per heavy atom. The molecule has 3 aromatic rings. The maximum atomic E-state index is 13.4. The first-order valence-corrected chi connectivity index (χ1v) is 9.54. The number of carbonyl (C=O) groups is 1. The Morgan fingerprint density at radius 1 is 0.931 bits per heavy atom. The number of nitrogens with zero attached hydrogens (tertiary/aromatic N) is 3. The molecule has 7 heteroatoms. The molecule has 0 spiro atoms. The number of rotatable bonds is 3. The first kappa shape index (κ1) is 19.3. The third kappa shape index (κ3) is 3.43. The smallest absolute Gasteiger partial charge is 0.331 e. The third-order valence-corrected chi connectivity index (χ3v) is 5.35. The van der Waals surface area contributed by atoms with E-state index in [1.165, 1.54) is 9.80 Å². The van der Waals surface area contributed by atoms with Gasteiger partial charge in [-0.05, 0) is 60.7 Å². The predicted molar refractivity (Wildman–Crippen MR) is 113 cm³/mol. The number of urea groups is 1. The minimum Gasteiger partial charge on any atom is -0.365 e. The number of halogens is 2. The van der Waals surface area contributed by atoms with Gasteiger partial charge in [-0.15, -0.1) is 0 Å². The zero-order chi connectivity index (χ0) is 20.6. The van der Waals surface area contributed by atoms with Crippen molar-refractivity contribution in [2.45, 2.75) is 5.72 Å². The maximum Gasteiger partial charge on any atom is 0.331 e. The summed E-state index contributed by atoms with van der Waals surface area (Å²) in [6, 6.07) is 21.7. The number of β-amino-alcohol motifs (C(OH)–C–C–N with tert-alkyl or cyclic N) is 1. The summed E-state index contributed by atoms with van der Waals surface area (Å²) in [5.41, 5.74) is 0.240. The van der Waals surface area contributed by atoms with Crippen molar-refractivity contribution in [1.29, 1.82) is 5.26 Å². The topological polar surface area (TPSA) is 67.6 Å². The highest BCUT2D eigenvalue weighted by Gasteiger charge is 2.51. The molecule has 1 N–H and O–H groups in total. The number of benzene rings is 3. The minimum absolute atomic E-state index is 0.0228. The van der Waals surface area contributed by atoms with Gasteiger partial charge in [-0.1, -0.05) is 35.3 Å². The van der Waals surface area contributed by atoms with Crippen LogP contribution in [0, 0.1) is 11.3 Å². The standard InChI is InChI=1S/C22H15Cl2N3O2/c23-17-4-8-19(9-5-17)26-14-22(29,16-3-1-2-15(12-16)13-25)27(21(26)28)20-10-6-18(24)7-11-20/h1-12,29H,14H2. The summed E-state index contributed by atoms with van der Waals surface area (Å²) in [5.74, 6) is 0. The Hall–Kier alpha value is -3.04. The lowest BCUT2D eigenvalue weighted by Crippen LogP contribution is -2.44. The van der Waals surface area contributed by atoms with Crippen LogP contribution in [0.5, 0.6) is 0 Å². The van der Waals surface area contributed by atoms with E-state index in [4.69, 9.17) is 23.2 Å². The molecule has 1 unspecified atom stereocenters. The van der Waals surface area contributed by atoms with Gasteiger partial charge < -0.3 is 5.11 Å². The molecule has 0 saturated carbocycles. The number of nitriles is 1. The Bertz CT molecular complexity index is 1110. The quantitative estimate of drug-likeness (QED) is 0.632. The van der Waals surface area contributed by atoms with E-state index in [0.29, 0.717) is 32.5 Å². The van der Waals surface area contributed by atoms with Crippen molar-refractivity contribution in [3.63, 3.8) is 0 Å². The van der Waals surface area contributed by atoms with Crippen LogP contribution in [-0.2, 0) is 5.72 Å². The van der Waals surface area contributed by atoms with Crippen molar-refractivity contribution >= 4 is 40.6 Å². The fourth-order valence-corrected chi connectivity index (χ4v) is 3.68. The molecule has 1 aliphatic rings. The summed E-state index contributed by atoms with van der Waals surface area (Å²) >= 11 is 12.0. The number of hydrogen-bond acceptors (Lipinski definition) is 3. The van der Waals surface area contributed by atoms with Crippen molar-refractivity contribution in [3.05, 3.63) is 94.0 Å². The second kappa shape index (κ2) is 7.41. The van der Waals surface area contributed by atoms with Gasteiger partial charge >= 0.3 is 6.03 Å². The summed E-state index contributed by atoms with van der Waals surface area (Å²) in [6.07, 6.45) is 0. The zero-order valence-electron chi connectivity index (χ0n) is 15.1. The molecule has 3 aromatic carbocycles. The Morgan fingerprint density at radius 3 is 2.10 bits per heavy atom. The highest BCUT2D eigenvalue weighted by molar-refractivity contribution is 6.31. The van der Waals surface area contributed by atoms with Gasteiger partial charge in [0.05, 0.1) is 18.2 Å². The second-order valence-corrected chi connectivity index (χ2v) is 7.54. The van der Waals surface area contributed by atoms with Crippen LogP contribution in [0.25, 0.3) is 0 Å². The first-order chi connectivity index (χ1) is 13.9. The lowest BCUT2D eigenvalue weighted by molar-refractivity contribution is 0.0655. The van der Waals surface area contributed by atoms with Crippen LogP contribution in [-0.4, -0.2) is 17.7 Å². The number of aliphatic hydroxyl groups is 1. The number of amides is 2. The molecule has 144 valence electrons. The SMILES string of the molecule is N#Cc1cccc(C2(O)CN(c3ccc(Cl)cc3)C(=O)N2c2ccc(Cl)cc2)c1. The molecule has 5 nitrogen and oxygen atoms in total. The Balaban J connectivity index is 1.85. The minimum atomic E-state index is -1.68. The normalized spacial score (nSPS) is 18.8. The molecule has 1 saturated heterocycles. The molecule has 0 radical (unpaired) electrons. The summed E-state index contributed by atoms with van der Waals surface area (Å²) < 4.78 is 0. The molecule has 1 aliphatic heterocycles. The third-order valence-electron chi connectivity index (χ3n) is 4.85. The lowest BCUT2D eigenvalue weighted by atomic mass is 9.99. The van der Waals surface area contributed by atoms with Crippen molar-refractivity contribution in [3.8, 4) is 6.07 Å². The largest absolute Gasteiger partial charge is 0.365 e. The average Bonchev–Trinajstić information content (AvgIpc) is 3.01. The van der Waals surface area contributed by atoms with Gasteiger partial charge in [0, 0.05) is 27.0 Å². The van der Waals surface area contributed by atoms with E-state index in [1.54, 1.807) is 72.8 Å². The van der Waals surface area contributed by atoms with E-state index >= 15 is 0 Å². The Labute approximate surface area is 177 Å². The molecule has 1 heterocycles. The van der Waals surface area contributed by atoms with Crippen molar-refractivity contribution in [1.82, 2.24) is 0 Å². The summed E-state index contributed by atoms with van der Waals surface area (Å²) in [5, 5.41) is 22.0. The molecule has 29 heavy (non-hydrogen) atoms. The van der Waals surface area contributed by atoms with Crippen molar-refractivity contribution in [2.24, 2.45) is 0 Å². The van der Waals surface area contributed by atoms with Gasteiger partial charge in [0.25, 0.3) is 0 Å². The van der Waals surface area contributed by atoms with Crippen LogP contribution < -0.4 is 9.80 Å². The fourth-order valence-electron chi connectivity index (χ4n) is 3.43. The number of hydrogen-bond donors (Lipinski definition) is 1. The first-order valence-electron chi connectivity index (χ1n) is 8.78. The van der Waals surface area contributed by atoms with Crippen molar-refractivity contribution in [2.75, 3.05) is 16.3 Å². The van der Waals surface area contributed by atoms with Gasteiger partial charge in [-0.25, -0.2) is 4.79 Å². The maximum absolute atomic E-state index is 13.4. The van der Waals surface area contributed by atoms with Crippen LogP contribution in [0.1, 0.15) is 11.1 Å². The number of carbonyl (C=O) groups excluding carboxylic acids is 1. The summed E-state index contributed by atoms with van der Waals surface area (Å²) in [6.45, 7) is -0.0228. The van der Waals surface area contributed by atoms with Gasteiger partial charge in [0.15, 0.2) is 5.72 Å².